The number of aliphatic carboxylic acids is 1. The normalized spacial score (nSPS) is 22.3. The van der Waals surface area contributed by atoms with Gasteiger partial charge in [0.25, 0.3) is 0 Å². The minimum atomic E-state index is -0.787. The molecule has 196 valence electrons. The van der Waals surface area contributed by atoms with Crippen LogP contribution in [0.25, 0.3) is 0 Å². The summed E-state index contributed by atoms with van der Waals surface area (Å²) >= 11 is 0. The van der Waals surface area contributed by atoms with Crippen LogP contribution < -0.4 is 9.47 Å². The molecule has 3 rings (SSSR count). The van der Waals surface area contributed by atoms with Crippen molar-refractivity contribution >= 4 is 11.9 Å². The van der Waals surface area contributed by atoms with Crippen LogP contribution in [0.4, 0.5) is 0 Å². The zero-order valence-electron chi connectivity index (χ0n) is 22.0. The Bertz CT molecular complexity index is 837. The largest absolute Gasteiger partial charge is 0.481 e. The first-order valence-electron chi connectivity index (χ1n) is 13.5. The van der Waals surface area contributed by atoms with E-state index in [-0.39, 0.29) is 31.2 Å². The van der Waals surface area contributed by atoms with Crippen LogP contribution >= 0.6 is 0 Å². The van der Waals surface area contributed by atoms with Crippen molar-refractivity contribution in [2.45, 2.75) is 84.6 Å². The van der Waals surface area contributed by atoms with Crippen LogP contribution in [0, 0.1) is 11.8 Å². The summed E-state index contributed by atoms with van der Waals surface area (Å²) in [5, 5.41) is 10.4. The molecule has 1 aromatic carbocycles. The Labute approximate surface area is 210 Å². The van der Waals surface area contributed by atoms with Gasteiger partial charge in [0.2, 0.25) is 12.7 Å². The van der Waals surface area contributed by atoms with Gasteiger partial charge in [-0.25, -0.2) is 0 Å². The average Bonchev–Trinajstić information content (AvgIpc) is 3.43. The second-order valence-electron chi connectivity index (χ2n) is 10.3. The summed E-state index contributed by atoms with van der Waals surface area (Å²) < 4.78 is 11.0. The number of nitrogens with zero attached hydrogens (tertiary/aromatic N) is 2. The smallest absolute Gasteiger partial charge is 0.308 e. The molecule has 0 aliphatic carbocycles. The van der Waals surface area contributed by atoms with Crippen molar-refractivity contribution in [2.75, 3.05) is 33.0 Å². The second kappa shape index (κ2) is 13.1. The summed E-state index contributed by atoms with van der Waals surface area (Å²) in [6.45, 7) is 11.2. The van der Waals surface area contributed by atoms with Crippen molar-refractivity contribution in [3.63, 3.8) is 0 Å². The average molecular weight is 489 g/mol. The molecule has 7 nitrogen and oxygen atoms in total. The third kappa shape index (κ3) is 6.90. The number of carbonyl (C=O) groups is 2. The Balaban J connectivity index is 1.86. The number of carboxylic acid groups (broad SMARTS) is 1. The van der Waals surface area contributed by atoms with E-state index in [2.05, 4.69) is 32.6 Å². The molecule has 1 amide bonds. The molecule has 0 bridgehead atoms. The summed E-state index contributed by atoms with van der Waals surface area (Å²) in [6.07, 6.45) is 6.97. The molecule has 1 fully saturated rings. The molecular formula is C28H44N2O5. The van der Waals surface area contributed by atoms with E-state index in [0.717, 1.165) is 63.6 Å². The van der Waals surface area contributed by atoms with E-state index in [1.165, 1.54) is 0 Å². The summed E-state index contributed by atoms with van der Waals surface area (Å²) in [7, 11) is 0. The Morgan fingerprint density at radius 3 is 2.40 bits per heavy atom. The molecule has 1 aromatic rings. The molecule has 0 spiro atoms. The van der Waals surface area contributed by atoms with Gasteiger partial charge in [-0.1, -0.05) is 59.4 Å². The lowest BCUT2D eigenvalue weighted by atomic mass is 9.81. The maximum absolute atomic E-state index is 13.4. The van der Waals surface area contributed by atoms with Gasteiger partial charge in [-0.2, -0.15) is 0 Å². The standard InChI is InChI=1S/C28H44N2O5/c1-5-8-13-29(14-9-6-2)26(31)18-30-17-22(21-11-12-24-25(16-21)35-19-34-24)27(28(32)33)23(30)15-20(4)10-7-3/h11-12,16,20,22-23,27H,5-10,13-15,17-19H2,1-4H3,(H,32,33)/t20?,22-,23+,27-/m0/s1. The lowest BCUT2D eigenvalue weighted by molar-refractivity contribution is -0.144. The van der Waals surface area contributed by atoms with Gasteiger partial charge in [0.1, 0.15) is 0 Å². The van der Waals surface area contributed by atoms with Gasteiger partial charge in [-0.15, -0.1) is 0 Å². The van der Waals surface area contributed by atoms with E-state index in [9.17, 15) is 14.7 Å². The molecule has 4 atom stereocenters. The number of carbonyl (C=O) groups excluding carboxylic acids is 1. The first-order chi connectivity index (χ1) is 16.9. The third-order valence-corrected chi connectivity index (χ3v) is 7.54. The van der Waals surface area contributed by atoms with E-state index in [1.54, 1.807) is 0 Å². The topological polar surface area (TPSA) is 79.3 Å². The van der Waals surface area contributed by atoms with E-state index in [0.29, 0.717) is 24.0 Å². The lowest BCUT2D eigenvalue weighted by Gasteiger charge is -2.31. The van der Waals surface area contributed by atoms with Gasteiger partial charge in [-0.05, 0) is 42.9 Å². The highest BCUT2D eigenvalue weighted by Crippen LogP contribution is 2.43. The molecule has 1 N–H and O–H groups in total. The molecule has 2 heterocycles. The Morgan fingerprint density at radius 2 is 1.77 bits per heavy atom. The quantitative estimate of drug-likeness (QED) is 0.391. The fraction of sp³-hybridized carbons (Fsp3) is 0.714. The van der Waals surface area contributed by atoms with Crippen LogP contribution in [0.2, 0.25) is 0 Å². The molecule has 2 aliphatic rings. The highest BCUT2D eigenvalue weighted by atomic mass is 16.7. The number of hydrogen-bond donors (Lipinski definition) is 1. The zero-order chi connectivity index (χ0) is 25.4. The highest BCUT2D eigenvalue weighted by Gasteiger charge is 2.47. The van der Waals surface area contributed by atoms with E-state index in [1.807, 2.05) is 23.1 Å². The molecule has 2 aliphatic heterocycles. The van der Waals surface area contributed by atoms with Crippen LogP contribution in [0.3, 0.4) is 0 Å². The van der Waals surface area contributed by atoms with Crippen molar-refractivity contribution < 1.29 is 24.2 Å². The number of likely N-dealkylation sites (tertiary alicyclic amines) is 1. The van der Waals surface area contributed by atoms with Gasteiger partial charge in [0.05, 0.1) is 12.5 Å². The molecular weight excluding hydrogens is 444 g/mol. The Morgan fingerprint density at radius 1 is 1.09 bits per heavy atom. The van der Waals surface area contributed by atoms with Gasteiger partial charge in [-0.3, -0.25) is 14.5 Å². The number of ether oxygens (including phenoxy) is 2. The number of unbranched alkanes of at least 4 members (excludes halogenated alkanes) is 2. The summed E-state index contributed by atoms with van der Waals surface area (Å²) in [5.41, 5.74) is 0.943. The van der Waals surface area contributed by atoms with E-state index < -0.39 is 11.9 Å². The monoisotopic (exact) mass is 488 g/mol. The number of carboxylic acids is 1. The SMILES string of the molecule is CCCCN(CCCC)C(=O)CN1C[C@@H](c2ccc3c(c2)OCO3)[C@H](C(=O)O)[C@H]1CC(C)CCC. The van der Waals surface area contributed by atoms with Crippen LogP contribution in [0.5, 0.6) is 11.5 Å². The van der Waals surface area contributed by atoms with E-state index in [4.69, 9.17) is 9.47 Å². The maximum atomic E-state index is 13.4. The maximum Gasteiger partial charge on any atom is 0.308 e. The summed E-state index contributed by atoms with van der Waals surface area (Å²) in [5.74, 6) is 0.330. The van der Waals surface area contributed by atoms with Crippen LogP contribution in [-0.4, -0.2) is 65.8 Å². The third-order valence-electron chi connectivity index (χ3n) is 7.54. The fourth-order valence-electron chi connectivity index (χ4n) is 5.62. The molecule has 35 heavy (non-hydrogen) atoms. The molecule has 0 aromatic heterocycles. The van der Waals surface area contributed by atoms with Crippen molar-refractivity contribution in [1.82, 2.24) is 9.80 Å². The Kier molecular flexibility index (Phi) is 10.3. The van der Waals surface area contributed by atoms with Crippen molar-refractivity contribution in [3.8, 4) is 11.5 Å². The summed E-state index contributed by atoms with van der Waals surface area (Å²) in [6, 6.07) is 5.58. The zero-order valence-corrected chi connectivity index (χ0v) is 22.0. The fourth-order valence-corrected chi connectivity index (χ4v) is 5.62. The first-order valence-corrected chi connectivity index (χ1v) is 13.5. The number of benzene rings is 1. The molecule has 7 heteroatoms. The number of hydrogen-bond acceptors (Lipinski definition) is 5. The van der Waals surface area contributed by atoms with Gasteiger partial charge in [0.15, 0.2) is 11.5 Å². The summed E-state index contributed by atoms with van der Waals surface area (Å²) in [4.78, 5) is 30.2. The number of fused-ring (bicyclic) bond motifs is 1. The van der Waals surface area contributed by atoms with Gasteiger partial charge >= 0.3 is 5.97 Å². The predicted octanol–water partition coefficient (Wildman–Crippen LogP) is 5.14. The lowest BCUT2D eigenvalue weighted by Crippen LogP contribution is -2.45. The van der Waals surface area contributed by atoms with E-state index >= 15 is 0 Å². The van der Waals surface area contributed by atoms with Crippen LogP contribution in [0.1, 0.15) is 84.1 Å². The highest BCUT2D eigenvalue weighted by molar-refractivity contribution is 5.79. The predicted molar refractivity (Wildman–Crippen MR) is 137 cm³/mol. The molecule has 0 saturated carbocycles. The molecule has 0 radical (unpaired) electrons. The van der Waals surface area contributed by atoms with Crippen molar-refractivity contribution in [2.24, 2.45) is 11.8 Å². The van der Waals surface area contributed by atoms with Crippen LogP contribution in [0.15, 0.2) is 18.2 Å². The molecule has 1 saturated heterocycles. The van der Waals surface area contributed by atoms with Crippen molar-refractivity contribution in [1.29, 1.82) is 0 Å². The van der Waals surface area contributed by atoms with Gasteiger partial charge < -0.3 is 19.5 Å². The minimum Gasteiger partial charge on any atom is -0.481 e. The Hall–Kier alpha value is -2.28. The van der Waals surface area contributed by atoms with Gasteiger partial charge in [0, 0.05) is 31.6 Å². The number of rotatable bonds is 14. The van der Waals surface area contributed by atoms with Crippen LogP contribution in [-0.2, 0) is 9.59 Å². The minimum absolute atomic E-state index is 0.121. The van der Waals surface area contributed by atoms with Crippen molar-refractivity contribution in [3.05, 3.63) is 23.8 Å². The second-order valence-corrected chi connectivity index (χ2v) is 10.3. The first kappa shape index (κ1) is 27.3. The molecule has 1 unspecified atom stereocenters. The number of amides is 1.